The Hall–Kier alpha value is -0.820. The number of aliphatic hydroxyl groups is 4. The van der Waals surface area contributed by atoms with E-state index in [-0.39, 0.29) is 11.6 Å². The zero-order valence-electron chi connectivity index (χ0n) is 10.9. The quantitative estimate of drug-likeness (QED) is 0.517. The number of ketones is 2. The lowest BCUT2D eigenvalue weighted by Gasteiger charge is -2.23. The lowest BCUT2D eigenvalue weighted by atomic mass is 9.93. The van der Waals surface area contributed by atoms with Crippen molar-refractivity contribution in [2.45, 2.75) is 27.7 Å². The molecule has 0 atom stereocenters. The average Bonchev–Trinajstić information content (AvgIpc) is 2.20. The Balaban J connectivity index is -0.000000205. The highest BCUT2D eigenvalue weighted by atomic mass is 16.3. The van der Waals surface area contributed by atoms with Crippen LogP contribution in [-0.2, 0) is 9.59 Å². The molecule has 6 heteroatoms. The summed E-state index contributed by atoms with van der Waals surface area (Å²) >= 11 is 0. The van der Waals surface area contributed by atoms with Crippen molar-refractivity contribution in [1.82, 2.24) is 0 Å². The molecule has 4 N–H and O–H groups in total. The molecule has 0 aliphatic carbocycles. The van der Waals surface area contributed by atoms with Crippen molar-refractivity contribution >= 4 is 11.6 Å². The Kier molecular flexibility index (Phi) is 16.7. The van der Waals surface area contributed by atoms with Gasteiger partial charge in [0.2, 0.25) is 0 Å². The standard InChI is InChI=1S/C5H12O4.2C3H6O/c6-1-5(2-7,3-8)4-9;2*1-3(2)4/h6-9H,1-4H2;2*1-2H3. The third-order valence-corrected chi connectivity index (χ3v) is 1.34. The first-order valence-corrected chi connectivity index (χ1v) is 5.09. The van der Waals surface area contributed by atoms with Crippen LogP contribution in [0.2, 0.25) is 0 Å². The number of carbonyl (C=O) groups is 2. The largest absolute Gasteiger partial charge is 0.396 e. The molecule has 0 spiro atoms. The van der Waals surface area contributed by atoms with Crippen LogP contribution in [0.25, 0.3) is 0 Å². The van der Waals surface area contributed by atoms with Crippen molar-refractivity contribution in [3.05, 3.63) is 0 Å². The SMILES string of the molecule is CC(C)=O.CC(C)=O.OCC(CO)(CO)CO. The smallest absolute Gasteiger partial charge is 0.126 e. The lowest BCUT2D eigenvalue weighted by Crippen LogP contribution is -2.37. The van der Waals surface area contributed by atoms with Gasteiger partial charge in [-0.05, 0) is 27.7 Å². The van der Waals surface area contributed by atoms with Crippen LogP contribution >= 0.6 is 0 Å². The predicted molar refractivity (Wildman–Crippen MR) is 63.5 cm³/mol. The Morgan fingerprint density at radius 2 is 0.824 bits per heavy atom. The van der Waals surface area contributed by atoms with Gasteiger partial charge in [0.1, 0.15) is 11.6 Å². The molecule has 6 nitrogen and oxygen atoms in total. The van der Waals surface area contributed by atoms with E-state index in [2.05, 4.69) is 0 Å². The van der Waals surface area contributed by atoms with Gasteiger partial charge >= 0.3 is 0 Å². The first-order valence-electron chi connectivity index (χ1n) is 5.09. The van der Waals surface area contributed by atoms with Gasteiger partial charge in [-0.25, -0.2) is 0 Å². The van der Waals surface area contributed by atoms with E-state index in [9.17, 15) is 9.59 Å². The molecule has 0 aromatic heterocycles. The van der Waals surface area contributed by atoms with Gasteiger partial charge in [-0.15, -0.1) is 0 Å². The molecule has 0 aliphatic heterocycles. The molecular weight excluding hydrogens is 228 g/mol. The summed E-state index contributed by atoms with van der Waals surface area (Å²) in [5.41, 5.74) is -1.11. The maximum Gasteiger partial charge on any atom is 0.126 e. The summed E-state index contributed by atoms with van der Waals surface area (Å²) in [6, 6.07) is 0. The van der Waals surface area contributed by atoms with E-state index in [0.29, 0.717) is 0 Å². The predicted octanol–water partition coefficient (Wildman–Crippen LogP) is -0.867. The molecule has 0 aliphatic rings. The van der Waals surface area contributed by atoms with Gasteiger partial charge in [0.25, 0.3) is 0 Å². The van der Waals surface area contributed by atoms with Crippen LogP contribution in [0, 0.1) is 5.41 Å². The van der Waals surface area contributed by atoms with Gasteiger partial charge in [-0.3, -0.25) is 0 Å². The summed E-state index contributed by atoms with van der Waals surface area (Å²) in [5, 5.41) is 34.0. The van der Waals surface area contributed by atoms with Gasteiger partial charge in [0, 0.05) is 0 Å². The van der Waals surface area contributed by atoms with E-state index in [0.717, 1.165) is 0 Å². The summed E-state index contributed by atoms with van der Waals surface area (Å²) in [6.07, 6.45) is 0. The fourth-order valence-electron chi connectivity index (χ4n) is 0.300. The van der Waals surface area contributed by atoms with Crippen LogP contribution in [0.1, 0.15) is 27.7 Å². The number of aliphatic hydroxyl groups excluding tert-OH is 4. The van der Waals surface area contributed by atoms with Crippen molar-refractivity contribution in [2.75, 3.05) is 26.4 Å². The van der Waals surface area contributed by atoms with Crippen LogP contribution in [0.15, 0.2) is 0 Å². The van der Waals surface area contributed by atoms with Gasteiger partial charge in [0.05, 0.1) is 31.8 Å². The van der Waals surface area contributed by atoms with E-state index >= 15 is 0 Å². The van der Waals surface area contributed by atoms with Crippen LogP contribution < -0.4 is 0 Å². The van der Waals surface area contributed by atoms with E-state index in [1.807, 2.05) is 0 Å². The molecule has 0 saturated heterocycles. The number of rotatable bonds is 4. The molecule has 0 rings (SSSR count). The second-order valence-corrected chi connectivity index (χ2v) is 3.95. The zero-order chi connectivity index (χ0) is 14.5. The van der Waals surface area contributed by atoms with Crippen LogP contribution in [0.3, 0.4) is 0 Å². The van der Waals surface area contributed by atoms with Crippen molar-refractivity contribution in [3.8, 4) is 0 Å². The topological polar surface area (TPSA) is 115 Å². The van der Waals surface area contributed by atoms with Crippen molar-refractivity contribution in [1.29, 1.82) is 0 Å². The minimum absolute atomic E-state index is 0.167. The molecule has 0 aromatic rings. The second-order valence-electron chi connectivity index (χ2n) is 3.95. The molecule has 104 valence electrons. The monoisotopic (exact) mass is 252 g/mol. The Morgan fingerprint density at radius 3 is 0.824 bits per heavy atom. The normalized spacial score (nSPS) is 9.41. The molecule has 0 heterocycles. The number of Topliss-reactive ketones (excluding diaryl/α,β-unsaturated/α-hetero) is 2. The van der Waals surface area contributed by atoms with Gasteiger partial charge in [-0.1, -0.05) is 0 Å². The summed E-state index contributed by atoms with van der Waals surface area (Å²) in [6.45, 7) is 4.49. The molecule has 0 fully saturated rings. The van der Waals surface area contributed by atoms with E-state index in [1.165, 1.54) is 27.7 Å². The number of carbonyl (C=O) groups excluding carboxylic acids is 2. The van der Waals surface area contributed by atoms with Gasteiger partial charge in [0.15, 0.2) is 0 Å². The number of hydrogen-bond acceptors (Lipinski definition) is 6. The summed E-state index contributed by atoms with van der Waals surface area (Å²) in [4.78, 5) is 18.9. The molecule has 0 amide bonds. The summed E-state index contributed by atoms with van der Waals surface area (Å²) in [7, 11) is 0. The van der Waals surface area contributed by atoms with Crippen LogP contribution in [-0.4, -0.2) is 58.4 Å². The third kappa shape index (κ3) is 21.1. The molecule has 17 heavy (non-hydrogen) atoms. The molecule has 0 saturated carbocycles. The highest BCUT2D eigenvalue weighted by Gasteiger charge is 2.26. The van der Waals surface area contributed by atoms with E-state index in [4.69, 9.17) is 20.4 Å². The highest BCUT2D eigenvalue weighted by Crippen LogP contribution is 2.11. The van der Waals surface area contributed by atoms with Crippen LogP contribution in [0.4, 0.5) is 0 Å². The zero-order valence-corrected chi connectivity index (χ0v) is 10.9. The van der Waals surface area contributed by atoms with Crippen LogP contribution in [0.5, 0.6) is 0 Å². The molecular formula is C11H24O6. The minimum atomic E-state index is -1.11. The van der Waals surface area contributed by atoms with Crippen molar-refractivity contribution < 1.29 is 30.0 Å². The fourth-order valence-corrected chi connectivity index (χ4v) is 0.300. The Bertz CT molecular complexity index is 161. The first kappa shape index (κ1) is 21.5. The molecule has 0 radical (unpaired) electrons. The summed E-state index contributed by atoms with van der Waals surface area (Å²) < 4.78 is 0. The number of hydrogen-bond donors (Lipinski definition) is 4. The maximum absolute atomic E-state index is 9.44. The van der Waals surface area contributed by atoms with E-state index in [1.54, 1.807) is 0 Å². The Morgan fingerprint density at radius 1 is 0.706 bits per heavy atom. The highest BCUT2D eigenvalue weighted by molar-refractivity contribution is 5.72. The maximum atomic E-state index is 9.44. The average molecular weight is 252 g/mol. The fraction of sp³-hybridized carbons (Fsp3) is 0.818. The van der Waals surface area contributed by atoms with Crippen molar-refractivity contribution in [3.63, 3.8) is 0 Å². The lowest BCUT2D eigenvalue weighted by molar-refractivity contribution is -0.115. The molecule has 0 aromatic carbocycles. The molecule has 0 bridgehead atoms. The second kappa shape index (κ2) is 13.2. The van der Waals surface area contributed by atoms with Gasteiger partial charge < -0.3 is 30.0 Å². The summed E-state index contributed by atoms with van der Waals surface area (Å²) in [5.74, 6) is 0.333. The first-order chi connectivity index (χ1) is 7.71. The van der Waals surface area contributed by atoms with Gasteiger partial charge in [-0.2, -0.15) is 0 Å². The van der Waals surface area contributed by atoms with Crippen molar-refractivity contribution in [2.24, 2.45) is 5.41 Å². The Labute approximate surface area is 102 Å². The molecule has 0 unspecified atom stereocenters. The third-order valence-electron chi connectivity index (χ3n) is 1.34. The van der Waals surface area contributed by atoms with E-state index < -0.39 is 31.8 Å². The minimum Gasteiger partial charge on any atom is -0.396 e.